The maximum atomic E-state index is 13.2. The van der Waals surface area contributed by atoms with Gasteiger partial charge in [0.25, 0.3) is 0 Å². The summed E-state index contributed by atoms with van der Waals surface area (Å²) in [6.45, 7) is 4.30. The van der Waals surface area contributed by atoms with Gasteiger partial charge in [-0.2, -0.15) is 0 Å². The van der Waals surface area contributed by atoms with E-state index < -0.39 is 22.6 Å². The van der Waals surface area contributed by atoms with Crippen LogP contribution in [0.4, 0.5) is 13.9 Å². The van der Waals surface area contributed by atoms with Gasteiger partial charge in [-0.05, 0) is 56.9 Å². The van der Waals surface area contributed by atoms with Crippen LogP contribution in [0.1, 0.15) is 50.6 Å². The van der Waals surface area contributed by atoms with E-state index >= 15 is 0 Å². The first kappa shape index (κ1) is 24.4. The average Bonchev–Trinajstić information content (AvgIpc) is 3.17. The number of carbonyl (C=O) groups is 1. The van der Waals surface area contributed by atoms with Crippen molar-refractivity contribution in [3.63, 3.8) is 0 Å². The molecule has 1 amide bonds. The third-order valence-electron chi connectivity index (χ3n) is 6.80. The zero-order valence-corrected chi connectivity index (χ0v) is 20.4. The molecule has 1 unspecified atom stereocenters. The fourth-order valence-electron chi connectivity index (χ4n) is 5.08. The van der Waals surface area contributed by atoms with Gasteiger partial charge in [0.15, 0.2) is 5.13 Å². The van der Waals surface area contributed by atoms with Gasteiger partial charge in [0.05, 0.1) is 11.1 Å². The van der Waals surface area contributed by atoms with Crippen molar-refractivity contribution in [3.05, 3.63) is 41.6 Å². The molecule has 33 heavy (non-hydrogen) atoms. The highest BCUT2D eigenvalue weighted by molar-refractivity contribution is 7.85. The van der Waals surface area contributed by atoms with Crippen molar-refractivity contribution in [3.8, 4) is 0 Å². The number of thiazole rings is 1. The molecule has 10 heteroatoms. The van der Waals surface area contributed by atoms with E-state index in [0.29, 0.717) is 27.6 Å². The first-order chi connectivity index (χ1) is 15.8. The maximum Gasteiger partial charge on any atom is 0.237 e. The molecule has 5 rings (SSSR count). The predicted molar refractivity (Wildman–Crippen MR) is 126 cm³/mol. The van der Waals surface area contributed by atoms with Crippen LogP contribution in [0.25, 0.3) is 0 Å². The number of nitrogens with zero attached hydrogens (tertiary/aromatic N) is 3. The third-order valence-corrected chi connectivity index (χ3v) is 9.18. The minimum absolute atomic E-state index is 0.203. The number of benzene rings is 1. The van der Waals surface area contributed by atoms with Gasteiger partial charge >= 0.3 is 0 Å². The van der Waals surface area contributed by atoms with Crippen LogP contribution in [-0.2, 0) is 15.8 Å². The van der Waals surface area contributed by atoms with Gasteiger partial charge in [-0.1, -0.05) is 30.6 Å². The molecule has 180 valence electrons. The van der Waals surface area contributed by atoms with Crippen molar-refractivity contribution in [2.24, 2.45) is 10.6 Å². The average molecular weight is 497 g/mol. The third kappa shape index (κ3) is 5.34. The van der Waals surface area contributed by atoms with Crippen LogP contribution in [-0.4, -0.2) is 45.7 Å². The largest absolute Gasteiger partial charge is 0.298 e. The lowest BCUT2D eigenvalue weighted by atomic mass is 9.71. The summed E-state index contributed by atoms with van der Waals surface area (Å²) in [6, 6.07) is 4.99. The molecule has 2 saturated heterocycles. The summed E-state index contributed by atoms with van der Waals surface area (Å²) in [6.07, 6.45) is 8.56. The van der Waals surface area contributed by atoms with Crippen molar-refractivity contribution in [1.29, 1.82) is 0 Å². The Kier molecular flexibility index (Phi) is 7.57. The Balaban J connectivity index is 0.000000275. The Morgan fingerprint density at radius 3 is 2.24 bits per heavy atom. The molecule has 2 aliphatic heterocycles. The molecule has 6 nitrogen and oxygen atoms in total. The lowest BCUT2D eigenvalue weighted by Crippen LogP contribution is -2.68. The predicted octanol–water partition coefficient (Wildman–Crippen LogP) is 4.16. The maximum absolute atomic E-state index is 13.2. The first-order valence-electron chi connectivity index (χ1n) is 11.4. The number of amides is 1. The molecule has 1 aromatic heterocycles. The van der Waals surface area contributed by atoms with E-state index in [1.807, 2.05) is 4.90 Å². The van der Waals surface area contributed by atoms with Crippen LogP contribution in [0.2, 0.25) is 0 Å². The molecular weight excluding hydrogens is 466 g/mol. The number of halogens is 2. The number of carbonyl (C=O) groups excluding carboxylic acids is 1. The number of rotatable bonds is 3. The smallest absolute Gasteiger partial charge is 0.237 e. The number of aryl methyl sites for hydroxylation is 1. The lowest BCUT2D eigenvalue weighted by Gasteiger charge is -2.55. The number of aromatic nitrogens is 1. The van der Waals surface area contributed by atoms with Gasteiger partial charge < -0.3 is 0 Å². The summed E-state index contributed by atoms with van der Waals surface area (Å²) in [5.41, 5.74) is 0.447. The topological polar surface area (TPSA) is 79.5 Å². The van der Waals surface area contributed by atoms with E-state index in [4.69, 9.17) is 5.14 Å². The van der Waals surface area contributed by atoms with Crippen molar-refractivity contribution in [2.75, 3.05) is 24.5 Å². The summed E-state index contributed by atoms with van der Waals surface area (Å²) in [5, 5.41) is 6.17. The Bertz CT molecular complexity index is 981. The molecule has 1 aliphatic carbocycles. The molecule has 1 aromatic carbocycles. The van der Waals surface area contributed by atoms with Crippen LogP contribution in [0.3, 0.4) is 0 Å². The number of piperidine rings is 1. The van der Waals surface area contributed by atoms with Crippen LogP contribution < -0.4 is 10.0 Å². The quantitative estimate of drug-likeness (QED) is 0.692. The molecule has 3 aliphatic rings. The minimum Gasteiger partial charge on any atom is -0.298 e. The van der Waals surface area contributed by atoms with Gasteiger partial charge in [0, 0.05) is 25.7 Å². The fraction of sp³-hybridized carbons (Fsp3) is 0.565. The number of hydrogen-bond donors (Lipinski definition) is 1. The molecule has 3 fully saturated rings. The van der Waals surface area contributed by atoms with Gasteiger partial charge in [0.2, 0.25) is 5.91 Å². The van der Waals surface area contributed by atoms with E-state index in [0.717, 1.165) is 50.2 Å². The summed E-state index contributed by atoms with van der Waals surface area (Å²) in [7, 11) is -1.54. The molecule has 2 N–H and O–H groups in total. The number of likely N-dealkylation sites (tertiary alicyclic amines) is 1. The molecule has 0 radical (unpaired) electrons. The van der Waals surface area contributed by atoms with Gasteiger partial charge in [-0.3, -0.25) is 14.6 Å². The van der Waals surface area contributed by atoms with E-state index in [-0.39, 0.29) is 11.3 Å². The van der Waals surface area contributed by atoms with E-state index in [9.17, 15) is 17.8 Å². The van der Waals surface area contributed by atoms with Crippen molar-refractivity contribution in [1.82, 2.24) is 9.88 Å². The van der Waals surface area contributed by atoms with Crippen molar-refractivity contribution >= 4 is 33.4 Å². The van der Waals surface area contributed by atoms with Crippen LogP contribution in [0, 0.1) is 24.0 Å². The van der Waals surface area contributed by atoms with Crippen molar-refractivity contribution in [2.45, 2.75) is 62.1 Å². The normalized spacial score (nSPS) is 21.9. The molecular formula is C23H30F2N4O2S2. The second-order valence-corrected chi connectivity index (χ2v) is 11.4. The van der Waals surface area contributed by atoms with Gasteiger partial charge in [-0.25, -0.2) is 23.1 Å². The molecule has 1 atom stereocenters. The fourth-order valence-corrected chi connectivity index (χ4v) is 6.80. The molecule has 1 saturated carbocycles. The van der Waals surface area contributed by atoms with E-state index in [2.05, 4.69) is 9.88 Å². The summed E-state index contributed by atoms with van der Waals surface area (Å²) in [5.74, 6) is -0.619. The number of nitrogens with two attached hydrogens (primary N) is 1. The van der Waals surface area contributed by atoms with Crippen molar-refractivity contribution < 1.29 is 17.8 Å². The second-order valence-electron chi connectivity index (χ2n) is 9.14. The zero-order valence-electron chi connectivity index (χ0n) is 18.8. The summed E-state index contributed by atoms with van der Waals surface area (Å²) < 4.78 is 36.0. The zero-order chi connectivity index (χ0) is 23.6. The summed E-state index contributed by atoms with van der Waals surface area (Å²) in [4.78, 5) is 22.0. The Morgan fingerprint density at radius 1 is 1.09 bits per heavy atom. The lowest BCUT2D eigenvalue weighted by molar-refractivity contribution is -0.145. The van der Waals surface area contributed by atoms with Crippen LogP contribution in [0.5, 0.6) is 0 Å². The van der Waals surface area contributed by atoms with Gasteiger partial charge in [-0.15, -0.1) is 0 Å². The standard InChI is InChI=1S/C17H26N4O2S2.C6H4F2/c1-12-14(25(18)23)24-16(19-12)21-9-5-8-17(15(21)22)10-20(11-17)13-6-3-2-4-7-13;7-5-1-2-6(8)4-3-5/h13H,2-11,18H2,1H3;1-4H. The second kappa shape index (κ2) is 10.2. The molecule has 0 bridgehead atoms. The minimum atomic E-state index is -1.54. The van der Waals surface area contributed by atoms with E-state index in [1.165, 1.54) is 43.4 Å². The Morgan fingerprint density at radius 2 is 1.70 bits per heavy atom. The van der Waals surface area contributed by atoms with Crippen LogP contribution in [0.15, 0.2) is 28.5 Å². The molecule has 3 heterocycles. The van der Waals surface area contributed by atoms with E-state index in [1.54, 1.807) is 6.92 Å². The highest BCUT2D eigenvalue weighted by atomic mass is 32.2. The molecule has 1 spiro atoms. The highest BCUT2D eigenvalue weighted by Crippen LogP contribution is 2.44. The van der Waals surface area contributed by atoms with Crippen LogP contribution >= 0.6 is 11.3 Å². The Labute approximate surface area is 199 Å². The number of anilines is 1. The summed E-state index contributed by atoms with van der Waals surface area (Å²) >= 11 is 1.30. The van der Waals surface area contributed by atoms with Gasteiger partial charge in [0.1, 0.15) is 26.8 Å². The Hall–Kier alpha value is -1.75. The SMILES string of the molecule is Cc1nc(N2CCCC3(CN(C4CCCCC4)C3)C2=O)sc1S(N)=O.Fc1ccc(F)cc1. The highest BCUT2D eigenvalue weighted by Gasteiger charge is 2.54. The first-order valence-corrected chi connectivity index (χ1v) is 13.4. The monoisotopic (exact) mass is 496 g/mol. The molecule has 2 aromatic rings. The number of hydrogen-bond acceptors (Lipinski definition) is 5.